The van der Waals surface area contributed by atoms with Crippen LogP contribution in [0.25, 0.3) is 0 Å². The smallest absolute Gasteiger partial charge is 0.259 e. The van der Waals surface area contributed by atoms with Crippen LogP contribution in [0, 0.1) is 11.6 Å². The molecule has 2 rings (SSSR count). The van der Waals surface area contributed by atoms with Gasteiger partial charge in [-0.3, -0.25) is 4.79 Å². The highest BCUT2D eigenvalue weighted by Crippen LogP contribution is 2.22. The Morgan fingerprint density at radius 3 is 2.56 bits per heavy atom. The molecule has 0 aliphatic carbocycles. The van der Waals surface area contributed by atoms with E-state index >= 15 is 0 Å². The molecule has 1 saturated heterocycles. The lowest BCUT2D eigenvalue weighted by Crippen LogP contribution is -2.38. The standard InChI is InChI=1S/C12H12BrF2NO2/c1-16(8-2-3-18-6-8)12(17)11-9(14)4-7(13)5-10(11)15/h4-5,8H,2-3,6H2,1H3. The normalized spacial score (nSPS) is 19.0. The van der Waals surface area contributed by atoms with Gasteiger partial charge in [0, 0.05) is 18.1 Å². The molecule has 1 heterocycles. The van der Waals surface area contributed by atoms with Crippen LogP contribution in [0.3, 0.4) is 0 Å². The maximum atomic E-state index is 13.7. The number of ether oxygens (including phenoxy) is 1. The Bertz CT molecular complexity index is 452. The number of hydrogen-bond donors (Lipinski definition) is 0. The Morgan fingerprint density at radius 1 is 1.44 bits per heavy atom. The highest BCUT2D eigenvalue weighted by molar-refractivity contribution is 9.10. The van der Waals surface area contributed by atoms with Crippen molar-refractivity contribution in [2.75, 3.05) is 20.3 Å². The minimum absolute atomic E-state index is 0.125. The summed E-state index contributed by atoms with van der Waals surface area (Å²) in [5.41, 5.74) is -0.521. The summed E-state index contributed by atoms with van der Waals surface area (Å²) in [6.45, 7) is 0.968. The maximum absolute atomic E-state index is 13.7. The van der Waals surface area contributed by atoms with E-state index in [1.165, 1.54) is 11.9 Å². The van der Waals surface area contributed by atoms with Crippen LogP contribution in [0.5, 0.6) is 0 Å². The molecule has 1 aromatic rings. The van der Waals surface area contributed by atoms with Crippen LogP contribution in [0.4, 0.5) is 8.78 Å². The number of carbonyl (C=O) groups excluding carboxylic acids is 1. The number of halogens is 3. The quantitative estimate of drug-likeness (QED) is 0.838. The van der Waals surface area contributed by atoms with E-state index in [0.717, 1.165) is 12.1 Å². The summed E-state index contributed by atoms with van der Waals surface area (Å²) in [6, 6.07) is 2.03. The average molecular weight is 320 g/mol. The molecule has 0 bridgehead atoms. The first kappa shape index (κ1) is 13.4. The first-order chi connectivity index (χ1) is 8.50. The number of carbonyl (C=O) groups is 1. The molecule has 1 unspecified atom stereocenters. The van der Waals surface area contributed by atoms with Gasteiger partial charge in [-0.05, 0) is 18.6 Å². The zero-order chi connectivity index (χ0) is 13.3. The van der Waals surface area contributed by atoms with E-state index in [-0.39, 0.29) is 10.5 Å². The Balaban J connectivity index is 2.28. The second-order valence-electron chi connectivity index (χ2n) is 4.18. The predicted octanol–water partition coefficient (Wildman–Crippen LogP) is 2.59. The fourth-order valence-corrected chi connectivity index (χ4v) is 2.32. The van der Waals surface area contributed by atoms with Crippen molar-refractivity contribution in [3.63, 3.8) is 0 Å². The average Bonchev–Trinajstić information content (AvgIpc) is 2.79. The van der Waals surface area contributed by atoms with Gasteiger partial charge in [0.2, 0.25) is 0 Å². The van der Waals surface area contributed by atoms with Gasteiger partial charge in [-0.15, -0.1) is 0 Å². The number of rotatable bonds is 2. The van der Waals surface area contributed by atoms with Gasteiger partial charge in [-0.1, -0.05) is 15.9 Å². The Hall–Kier alpha value is -1.01. The summed E-state index contributed by atoms with van der Waals surface area (Å²) < 4.78 is 32.7. The van der Waals surface area contributed by atoms with Crippen molar-refractivity contribution in [3.05, 3.63) is 33.8 Å². The molecule has 0 spiro atoms. The fraction of sp³-hybridized carbons (Fsp3) is 0.417. The van der Waals surface area contributed by atoms with E-state index in [1.54, 1.807) is 0 Å². The van der Waals surface area contributed by atoms with Crippen LogP contribution in [-0.4, -0.2) is 37.1 Å². The molecule has 18 heavy (non-hydrogen) atoms. The van der Waals surface area contributed by atoms with Crippen molar-refractivity contribution in [1.82, 2.24) is 4.90 Å². The zero-order valence-electron chi connectivity index (χ0n) is 9.75. The minimum Gasteiger partial charge on any atom is -0.379 e. The highest BCUT2D eigenvalue weighted by atomic mass is 79.9. The van der Waals surface area contributed by atoms with Gasteiger partial charge in [-0.2, -0.15) is 0 Å². The highest BCUT2D eigenvalue weighted by Gasteiger charge is 2.28. The maximum Gasteiger partial charge on any atom is 0.259 e. The molecule has 0 radical (unpaired) electrons. The molecule has 1 aliphatic heterocycles. The van der Waals surface area contributed by atoms with Gasteiger partial charge in [0.25, 0.3) is 5.91 Å². The molecule has 98 valence electrons. The van der Waals surface area contributed by atoms with Crippen LogP contribution < -0.4 is 0 Å². The number of nitrogens with zero attached hydrogens (tertiary/aromatic N) is 1. The predicted molar refractivity (Wildman–Crippen MR) is 65.4 cm³/mol. The summed E-state index contributed by atoms with van der Waals surface area (Å²) in [4.78, 5) is 13.4. The molecule has 1 aromatic carbocycles. The number of benzene rings is 1. The van der Waals surface area contributed by atoms with Crippen molar-refractivity contribution in [2.45, 2.75) is 12.5 Å². The van der Waals surface area contributed by atoms with Crippen LogP contribution in [0.2, 0.25) is 0 Å². The molecule has 1 fully saturated rings. The van der Waals surface area contributed by atoms with Crippen LogP contribution in [0.15, 0.2) is 16.6 Å². The third kappa shape index (κ3) is 2.54. The van der Waals surface area contributed by atoms with Gasteiger partial charge in [0.1, 0.15) is 17.2 Å². The van der Waals surface area contributed by atoms with Gasteiger partial charge < -0.3 is 9.64 Å². The fourth-order valence-electron chi connectivity index (χ4n) is 1.92. The van der Waals surface area contributed by atoms with Crippen molar-refractivity contribution >= 4 is 21.8 Å². The van der Waals surface area contributed by atoms with E-state index in [1.807, 2.05) is 0 Å². The Kier molecular flexibility index (Phi) is 3.97. The second kappa shape index (κ2) is 5.32. The molecule has 1 atom stereocenters. The van der Waals surface area contributed by atoms with Crippen molar-refractivity contribution < 1.29 is 18.3 Å². The topological polar surface area (TPSA) is 29.5 Å². The molecule has 3 nitrogen and oxygen atoms in total. The number of likely N-dealkylation sites (N-methyl/N-ethyl adjacent to an activating group) is 1. The third-order valence-electron chi connectivity index (χ3n) is 2.99. The lowest BCUT2D eigenvalue weighted by atomic mass is 10.1. The number of hydrogen-bond acceptors (Lipinski definition) is 2. The lowest BCUT2D eigenvalue weighted by Gasteiger charge is -2.23. The summed E-state index contributed by atoms with van der Waals surface area (Å²) in [6.07, 6.45) is 0.683. The Morgan fingerprint density at radius 2 is 2.06 bits per heavy atom. The molecule has 1 amide bonds. The van der Waals surface area contributed by atoms with Crippen LogP contribution in [-0.2, 0) is 4.74 Å². The first-order valence-corrected chi connectivity index (χ1v) is 6.29. The van der Waals surface area contributed by atoms with E-state index in [2.05, 4.69) is 15.9 Å². The van der Waals surface area contributed by atoms with E-state index < -0.39 is 23.1 Å². The summed E-state index contributed by atoms with van der Waals surface area (Å²) in [7, 11) is 1.53. The SMILES string of the molecule is CN(C(=O)c1c(F)cc(Br)cc1F)C1CCOC1. The van der Waals surface area contributed by atoms with Gasteiger partial charge in [0.05, 0.1) is 12.6 Å². The van der Waals surface area contributed by atoms with Crippen molar-refractivity contribution in [3.8, 4) is 0 Å². The van der Waals surface area contributed by atoms with Crippen molar-refractivity contribution in [1.29, 1.82) is 0 Å². The lowest BCUT2D eigenvalue weighted by molar-refractivity contribution is 0.0701. The van der Waals surface area contributed by atoms with E-state index in [0.29, 0.717) is 19.6 Å². The zero-order valence-corrected chi connectivity index (χ0v) is 11.3. The molecule has 1 aliphatic rings. The second-order valence-corrected chi connectivity index (χ2v) is 5.09. The van der Waals surface area contributed by atoms with Crippen LogP contribution in [0.1, 0.15) is 16.8 Å². The van der Waals surface area contributed by atoms with Gasteiger partial charge in [0.15, 0.2) is 0 Å². The Labute approximate surface area is 112 Å². The van der Waals surface area contributed by atoms with E-state index in [9.17, 15) is 13.6 Å². The number of amides is 1. The van der Waals surface area contributed by atoms with Crippen LogP contribution >= 0.6 is 15.9 Å². The molecule has 6 heteroatoms. The van der Waals surface area contributed by atoms with E-state index in [4.69, 9.17) is 4.74 Å². The molecule has 0 saturated carbocycles. The largest absolute Gasteiger partial charge is 0.379 e. The molecular formula is C12H12BrF2NO2. The van der Waals surface area contributed by atoms with Gasteiger partial charge >= 0.3 is 0 Å². The van der Waals surface area contributed by atoms with Crippen molar-refractivity contribution in [2.24, 2.45) is 0 Å². The third-order valence-corrected chi connectivity index (χ3v) is 3.45. The summed E-state index contributed by atoms with van der Waals surface area (Å²) in [5.74, 6) is -2.39. The minimum atomic E-state index is -0.863. The monoisotopic (exact) mass is 319 g/mol. The molecule has 0 aromatic heterocycles. The first-order valence-electron chi connectivity index (χ1n) is 5.50. The molecular weight excluding hydrogens is 308 g/mol. The summed E-state index contributed by atoms with van der Waals surface area (Å²) in [5, 5.41) is 0. The summed E-state index contributed by atoms with van der Waals surface area (Å²) >= 11 is 2.97. The molecule has 0 N–H and O–H groups in total. The van der Waals surface area contributed by atoms with Gasteiger partial charge in [-0.25, -0.2) is 8.78 Å².